The van der Waals surface area contributed by atoms with Gasteiger partial charge in [0.1, 0.15) is 17.8 Å². The number of aryl methyl sites for hydroxylation is 1. The van der Waals surface area contributed by atoms with Crippen molar-refractivity contribution in [3.63, 3.8) is 0 Å². The minimum atomic E-state index is -0.423. The summed E-state index contributed by atoms with van der Waals surface area (Å²) in [5, 5.41) is 2.79. The van der Waals surface area contributed by atoms with E-state index in [1.54, 1.807) is 6.07 Å². The molecular weight excluding hydrogens is 509 g/mol. The molecule has 0 radical (unpaired) electrons. The van der Waals surface area contributed by atoms with Gasteiger partial charge in [0, 0.05) is 18.7 Å². The first-order valence-electron chi connectivity index (χ1n) is 13.4. The van der Waals surface area contributed by atoms with Crippen LogP contribution in [0, 0.1) is 18.7 Å². The number of fused-ring (bicyclic) bond motifs is 1. The van der Waals surface area contributed by atoms with E-state index in [-0.39, 0.29) is 41.7 Å². The normalized spacial score (nSPS) is 14.6. The van der Waals surface area contributed by atoms with Crippen LogP contribution in [0.3, 0.4) is 0 Å². The first-order chi connectivity index (χ1) is 19.3. The molecule has 5 rings (SSSR count). The summed E-state index contributed by atoms with van der Waals surface area (Å²) in [7, 11) is 0. The first-order valence-corrected chi connectivity index (χ1v) is 13.4. The highest BCUT2D eigenvalue weighted by Gasteiger charge is 2.32. The summed E-state index contributed by atoms with van der Waals surface area (Å²) >= 11 is 0. The van der Waals surface area contributed by atoms with Gasteiger partial charge >= 0.3 is 0 Å². The molecule has 7 nitrogen and oxygen atoms in total. The Hall–Kier alpha value is -4.46. The highest BCUT2D eigenvalue weighted by atomic mass is 19.1. The summed E-state index contributed by atoms with van der Waals surface area (Å²) in [5.74, 6) is 0.333. The van der Waals surface area contributed by atoms with Gasteiger partial charge in [-0.05, 0) is 72.4 Å². The van der Waals surface area contributed by atoms with Crippen LogP contribution in [0.4, 0.5) is 10.1 Å². The number of aromatic nitrogens is 1. The fourth-order valence-electron chi connectivity index (χ4n) is 4.91. The van der Waals surface area contributed by atoms with Crippen LogP contribution in [0.2, 0.25) is 0 Å². The van der Waals surface area contributed by atoms with E-state index in [0.717, 1.165) is 16.7 Å². The van der Waals surface area contributed by atoms with Crippen molar-refractivity contribution in [2.45, 2.75) is 46.3 Å². The maximum atomic E-state index is 14.2. The number of rotatable bonds is 8. The molecule has 0 fully saturated rings. The molecule has 1 aromatic heterocycles. The van der Waals surface area contributed by atoms with Crippen molar-refractivity contribution in [2.24, 2.45) is 5.92 Å². The van der Waals surface area contributed by atoms with E-state index in [0.29, 0.717) is 36.4 Å². The molecular formula is C32H32FN3O4. The van der Waals surface area contributed by atoms with Crippen LogP contribution in [-0.2, 0) is 17.8 Å². The molecule has 0 spiro atoms. The van der Waals surface area contributed by atoms with E-state index in [1.165, 1.54) is 18.4 Å². The average molecular weight is 542 g/mol. The molecule has 0 saturated carbocycles. The smallest absolute Gasteiger partial charge is 0.277 e. The molecule has 0 aliphatic carbocycles. The third kappa shape index (κ3) is 6.22. The van der Waals surface area contributed by atoms with Crippen molar-refractivity contribution in [3.8, 4) is 5.75 Å². The number of ether oxygens (including phenoxy) is 1. The number of oxazole rings is 1. The van der Waals surface area contributed by atoms with Crippen molar-refractivity contribution < 1.29 is 23.1 Å². The number of nitrogens with one attached hydrogen (secondary N) is 1. The summed E-state index contributed by atoms with van der Waals surface area (Å²) in [6.45, 7) is 6.57. The summed E-state index contributed by atoms with van der Waals surface area (Å²) < 4.78 is 25.7. The molecule has 8 heteroatoms. The molecule has 1 atom stereocenters. The Balaban J connectivity index is 1.33. The molecule has 4 aromatic rings. The molecule has 1 aliphatic heterocycles. The standard InChI is InChI=1S/C32H32FN3O4/c1-20(2)15-30(37)36-14-13-22-9-12-26(17-27(22)31(36)23-5-4-6-24(33)16-23)39-19-29-35-28(18-40-29)32(38)34-25-10-7-21(3)8-11-25/h4-12,16-18,20,31H,13-15,19H2,1-3H3,(H,34,38). The molecule has 0 bridgehead atoms. The number of anilines is 1. The monoisotopic (exact) mass is 541 g/mol. The zero-order valence-corrected chi connectivity index (χ0v) is 22.8. The van der Waals surface area contributed by atoms with Gasteiger partial charge < -0.3 is 19.4 Å². The lowest BCUT2D eigenvalue weighted by Gasteiger charge is -2.38. The number of carbonyl (C=O) groups excluding carboxylic acids is 2. The minimum absolute atomic E-state index is 0.0111. The van der Waals surface area contributed by atoms with Gasteiger partial charge in [0.15, 0.2) is 12.3 Å². The molecule has 2 heterocycles. The number of amides is 2. The molecule has 1 aliphatic rings. The van der Waals surface area contributed by atoms with E-state index < -0.39 is 6.04 Å². The topological polar surface area (TPSA) is 84.7 Å². The Bertz CT molecular complexity index is 1510. The van der Waals surface area contributed by atoms with E-state index >= 15 is 0 Å². The number of benzene rings is 3. The van der Waals surface area contributed by atoms with Gasteiger partial charge in [-0.3, -0.25) is 9.59 Å². The maximum Gasteiger partial charge on any atom is 0.277 e. The number of carbonyl (C=O) groups is 2. The third-order valence-electron chi connectivity index (χ3n) is 6.87. The van der Waals surface area contributed by atoms with Crippen LogP contribution in [0.15, 0.2) is 77.4 Å². The SMILES string of the molecule is Cc1ccc(NC(=O)c2coc(COc3ccc4c(c3)C(c3cccc(F)c3)N(C(=O)CC(C)C)CC4)n2)cc1. The number of halogens is 1. The van der Waals surface area contributed by atoms with Crippen LogP contribution in [0.5, 0.6) is 5.75 Å². The van der Waals surface area contributed by atoms with Crippen LogP contribution in [-0.4, -0.2) is 28.2 Å². The zero-order chi connectivity index (χ0) is 28.2. The van der Waals surface area contributed by atoms with Crippen LogP contribution in [0.1, 0.15) is 64.9 Å². The zero-order valence-electron chi connectivity index (χ0n) is 22.8. The Morgan fingerprint density at radius 3 is 2.67 bits per heavy atom. The van der Waals surface area contributed by atoms with E-state index in [1.807, 2.05) is 74.2 Å². The second kappa shape index (κ2) is 11.7. The van der Waals surface area contributed by atoms with E-state index in [9.17, 15) is 14.0 Å². The summed E-state index contributed by atoms with van der Waals surface area (Å²) in [5.41, 5.74) is 4.61. The van der Waals surface area contributed by atoms with Crippen molar-refractivity contribution in [1.29, 1.82) is 0 Å². The lowest BCUT2D eigenvalue weighted by Crippen LogP contribution is -2.41. The fourth-order valence-corrected chi connectivity index (χ4v) is 4.91. The molecule has 1 N–H and O–H groups in total. The molecule has 3 aromatic carbocycles. The fraction of sp³-hybridized carbons (Fsp3) is 0.281. The highest BCUT2D eigenvalue weighted by Crippen LogP contribution is 2.38. The Labute approximate surface area is 233 Å². The van der Waals surface area contributed by atoms with Gasteiger partial charge in [0.05, 0.1) is 6.04 Å². The van der Waals surface area contributed by atoms with Crippen molar-refractivity contribution in [3.05, 3.63) is 113 Å². The second-order valence-corrected chi connectivity index (χ2v) is 10.5. The van der Waals surface area contributed by atoms with Gasteiger partial charge in [0.2, 0.25) is 11.8 Å². The third-order valence-corrected chi connectivity index (χ3v) is 6.87. The molecule has 2 amide bonds. The van der Waals surface area contributed by atoms with Crippen LogP contribution >= 0.6 is 0 Å². The van der Waals surface area contributed by atoms with E-state index in [2.05, 4.69) is 10.3 Å². The quantitative estimate of drug-likeness (QED) is 0.276. The lowest BCUT2D eigenvalue weighted by atomic mass is 9.87. The molecule has 0 saturated heterocycles. The van der Waals surface area contributed by atoms with Crippen LogP contribution < -0.4 is 10.1 Å². The maximum absolute atomic E-state index is 14.2. The predicted molar refractivity (Wildman–Crippen MR) is 150 cm³/mol. The number of hydrogen-bond donors (Lipinski definition) is 1. The van der Waals surface area contributed by atoms with Gasteiger partial charge in [-0.15, -0.1) is 0 Å². The largest absolute Gasteiger partial charge is 0.484 e. The number of nitrogens with zero attached hydrogens (tertiary/aromatic N) is 2. The van der Waals surface area contributed by atoms with Gasteiger partial charge in [0.25, 0.3) is 5.91 Å². The highest BCUT2D eigenvalue weighted by molar-refractivity contribution is 6.02. The van der Waals surface area contributed by atoms with E-state index in [4.69, 9.17) is 9.15 Å². The average Bonchev–Trinajstić information content (AvgIpc) is 3.41. The molecule has 40 heavy (non-hydrogen) atoms. The van der Waals surface area contributed by atoms with Crippen LogP contribution in [0.25, 0.3) is 0 Å². The van der Waals surface area contributed by atoms with Gasteiger partial charge in [-0.2, -0.15) is 0 Å². The molecule has 206 valence electrons. The Kier molecular flexibility index (Phi) is 7.96. The lowest BCUT2D eigenvalue weighted by molar-refractivity contribution is -0.134. The van der Waals surface area contributed by atoms with Crippen molar-refractivity contribution in [1.82, 2.24) is 9.88 Å². The number of hydrogen-bond acceptors (Lipinski definition) is 5. The molecule has 1 unspecified atom stereocenters. The van der Waals surface area contributed by atoms with Crippen molar-refractivity contribution in [2.75, 3.05) is 11.9 Å². The summed E-state index contributed by atoms with van der Waals surface area (Å²) in [6.07, 6.45) is 2.42. The minimum Gasteiger partial charge on any atom is -0.484 e. The predicted octanol–water partition coefficient (Wildman–Crippen LogP) is 6.47. The summed E-state index contributed by atoms with van der Waals surface area (Å²) in [6, 6.07) is 19.2. The second-order valence-electron chi connectivity index (χ2n) is 10.5. The van der Waals surface area contributed by atoms with Gasteiger partial charge in [-0.1, -0.05) is 49.7 Å². The summed E-state index contributed by atoms with van der Waals surface area (Å²) in [4.78, 5) is 31.9. The van der Waals surface area contributed by atoms with Crippen molar-refractivity contribution >= 4 is 17.5 Å². The Morgan fingerprint density at radius 1 is 1.12 bits per heavy atom. The first kappa shape index (κ1) is 27.1. The van der Waals surface area contributed by atoms with Gasteiger partial charge in [-0.25, -0.2) is 9.37 Å². The Morgan fingerprint density at radius 2 is 1.93 bits per heavy atom.